The third kappa shape index (κ3) is 5.91. The van der Waals surface area contributed by atoms with Crippen LogP contribution in [0.25, 0.3) is 0 Å². The van der Waals surface area contributed by atoms with Crippen LogP contribution in [0, 0.1) is 12.7 Å². The van der Waals surface area contributed by atoms with Crippen LogP contribution in [0.1, 0.15) is 12.5 Å². The summed E-state index contributed by atoms with van der Waals surface area (Å²) in [5.41, 5.74) is 1.14. The molecule has 0 saturated heterocycles. The normalized spacial score (nSPS) is 12.8. The zero-order chi connectivity index (χ0) is 17.4. The highest BCUT2D eigenvalue weighted by Crippen LogP contribution is 2.13. The van der Waals surface area contributed by atoms with Gasteiger partial charge in [-0.2, -0.15) is 5.10 Å². The van der Waals surface area contributed by atoms with E-state index in [0.29, 0.717) is 24.8 Å². The highest BCUT2D eigenvalue weighted by Gasteiger charge is 2.06. The molecule has 0 aliphatic carbocycles. The second-order valence-corrected chi connectivity index (χ2v) is 5.55. The fraction of sp³-hybridized carbons (Fsp3) is 0.412. The number of guanidine groups is 1. The molecular weight excluding hydrogens is 309 g/mol. The molecule has 1 atom stereocenters. The Morgan fingerprint density at radius 1 is 1.42 bits per heavy atom. The van der Waals surface area contributed by atoms with Crippen molar-refractivity contribution in [2.24, 2.45) is 4.99 Å². The maximum atomic E-state index is 13.1. The van der Waals surface area contributed by atoms with Crippen molar-refractivity contribution in [1.29, 1.82) is 0 Å². The van der Waals surface area contributed by atoms with Gasteiger partial charge in [-0.25, -0.2) is 4.39 Å². The molecule has 0 radical (unpaired) electrons. The summed E-state index contributed by atoms with van der Waals surface area (Å²) in [6.07, 6.45) is 3.70. The molecule has 1 aromatic carbocycles. The van der Waals surface area contributed by atoms with Crippen LogP contribution in [0.4, 0.5) is 4.39 Å². The van der Waals surface area contributed by atoms with Gasteiger partial charge in [-0.3, -0.25) is 9.67 Å². The number of ether oxygens (including phenoxy) is 1. The topological polar surface area (TPSA) is 63.5 Å². The number of halogens is 1. The third-order valence-electron chi connectivity index (χ3n) is 3.31. The lowest BCUT2D eigenvalue weighted by Gasteiger charge is -2.17. The van der Waals surface area contributed by atoms with E-state index in [1.165, 1.54) is 12.1 Å². The van der Waals surface area contributed by atoms with E-state index in [1.807, 2.05) is 30.9 Å². The minimum Gasteiger partial charge on any atom is -0.489 e. The monoisotopic (exact) mass is 333 g/mol. The predicted molar refractivity (Wildman–Crippen MR) is 92.8 cm³/mol. The van der Waals surface area contributed by atoms with Gasteiger partial charge in [0.15, 0.2) is 5.96 Å². The largest absolute Gasteiger partial charge is 0.489 e. The molecule has 1 unspecified atom stereocenters. The van der Waals surface area contributed by atoms with E-state index in [0.717, 1.165) is 12.1 Å². The summed E-state index contributed by atoms with van der Waals surface area (Å²) in [6, 6.07) is 6.12. The van der Waals surface area contributed by atoms with Crippen molar-refractivity contribution in [2.75, 3.05) is 20.1 Å². The number of aryl methyl sites for hydroxylation is 1. The van der Waals surface area contributed by atoms with E-state index in [-0.39, 0.29) is 11.9 Å². The van der Waals surface area contributed by atoms with Gasteiger partial charge in [-0.1, -0.05) is 6.07 Å². The third-order valence-corrected chi connectivity index (χ3v) is 3.31. The molecule has 1 heterocycles. The fourth-order valence-corrected chi connectivity index (χ4v) is 2.15. The number of hydrogen-bond donors (Lipinski definition) is 2. The Bertz CT molecular complexity index is 671. The summed E-state index contributed by atoms with van der Waals surface area (Å²) in [6.45, 7) is 5.94. The first-order valence-corrected chi connectivity index (χ1v) is 7.92. The van der Waals surface area contributed by atoms with Gasteiger partial charge in [0, 0.05) is 25.9 Å². The Balaban J connectivity index is 1.70. The average Bonchev–Trinajstić information content (AvgIpc) is 2.96. The number of benzene rings is 1. The van der Waals surface area contributed by atoms with Crippen LogP contribution < -0.4 is 15.4 Å². The molecule has 6 nitrogen and oxygen atoms in total. The SMILES string of the molecule is CN=C(NCCn1cc(C)cn1)NCC(C)Oc1cccc(F)c1. The van der Waals surface area contributed by atoms with Crippen LogP contribution in [0.3, 0.4) is 0 Å². The van der Waals surface area contributed by atoms with Crippen molar-refractivity contribution in [3.63, 3.8) is 0 Å². The number of aliphatic imine (C=N–C) groups is 1. The van der Waals surface area contributed by atoms with E-state index in [9.17, 15) is 4.39 Å². The zero-order valence-electron chi connectivity index (χ0n) is 14.3. The summed E-state index contributed by atoms with van der Waals surface area (Å²) in [4.78, 5) is 4.17. The van der Waals surface area contributed by atoms with E-state index in [1.54, 1.807) is 19.2 Å². The molecule has 0 amide bonds. The Kier molecular flexibility index (Phi) is 6.60. The van der Waals surface area contributed by atoms with Gasteiger partial charge in [-0.05, 0) is 31.5 Å². The summed E-state index contributed by atoms with van der Waals surface area (Å²) >= 11 is 0. The summed E-state index contributed by atoms with van der Waals surface area (Å²) in [7, 11) is 1.71. The Labute approximate surface area is 141 Å². The molecule has 0 saturated carbocycles. The number of nitrogens with one attached hydrogen (secondary N) is 2. The van der Waals surface area contributed by atoms with Crippen molar-refractivity contribution < 1.29 is 9.13 Å². The lowest BCUT2D eigenvalue weighted by molar-refractivity contribution is 0.223. The maximum Gasteiger partial charge on any atom is 0.191 e. The molecule has 2 rings (SSSR count). The number of rotatable bonds is 7. The van der Waals surface area contributed by atoms with Crippen LogP contribution in [-0.4, -0.2) is 42.0 Å². The van der Waals surface area contributed by atoms with Crippen molar-refractivity contribution in [3.05, 3.63) is 48.0 Å². The van der Waals surface area contributed by atoms with Crippen LogP contribution in [0.2, 0.25) is 0 Å². The van der Waals surface area contributed by atoms with Crippen molar-refractivity contribution in [1.82, 2.24) is 20.4 Å². The van der Waals surface area contributed by atoms with Crippen molar-refractivity contribution in [2.45, 2.75) is 26.5 Å². The van der Waals surface area contributed by atoms with Gasteiger partial charge in [0.05, 0.1) is 19.3 Å². The Morgan fingerprint density at radius 2 is 2.25 bits per heavy atom. The molecule has 2 N–H and O–H groups in total. The van der Waals surface area contributed by atoms with E-state index < -0.39 is 0 Å². The smallest absolute Gasteiger partial charge is 0.191 e. The second kappa shape index (κ2) is 8.90. The highest BCUT2D eigenvalue weighted by atomic mass is 19.1. The highest BCUT2D eigenvalue weighted by molar-refractivity contribution is 5.79. The molecule has 7 heteroatoms. The molecule has 1 aromatic heterocycles. The lowest BCUT2D eigenvalue weighted by Crippen LogP contribution is -2.42. The first-order valence-electron chi connectivity index (χ1n) is 7.92. The second-order valence-electron chi connectivity index (χ2n) is 5.55. The Hall–Kier alpha value is -2.57. The maximum absolute atomic E-state index is 13.1. The van der Waals surface area contributed by atoms with Crippen LogP contribution in [0.5, 0.6) is 5.75 Å². The van der Waals surface area contributed by atoms with Gasteiger partial charge >= 0.3 is 0 Å². The summed E-state index contributed by atoms with van der Waals surface area (Å²) < 4.78 is 20.7. The van der Waals surface area contributed by atoms with Crippen molar-refractivity contribution in [3.8, 4) is 5.75 Å². The number of aromatic nitrogens is 2. The van der Waals surface area contributed by atoms with Gasteiger partial charge in [0.1, 0.15) is 17.7 Å². The Morgan fingerprint density at radius 3 is 2.92 bits per heavy atom. The van der Waals surface area contributed by atoms with E-state index >= 15 is 0 Å². The predicted octanol–water partition coefficient (Wildman–Crippen LogP) is 1.96. The van der Waals surface area contributed by atoms with E-state index in [4.69, 9.17) is 4.74 Å². The average molecular weight is 333 g/mol. The van der Waals surface area contributed by atoms with Gasteiger partial charge in [-0.15, -0.1) is 0 Å². The standard InChI is InChI=1S/C17H24FN5O/c1-13-10-22-23(12-13)8-7-20-17(19-3)21-11-14(2)24-16-6-4-5-15(18)9-16/h4-6,9-10,12,14H,7-8,11H2,1-3H3,(H2,19,20,21). The van der Waals surface area contributed by atoms with Crippen molar-refractivity contribution >= 4 is 5.96 Å². The van der Waals surface area contributed by atoms with Crippen LogP contribution >= 0.6 is 0 Å². The van der Waals surface area contributed by atoms with Gasteiger partial charge < -0.3 is 15.4 Å². The van der Waals surface area contributed by atoms with Crippen LogP contribution in [0.15, 0.2) is 41.7 Å². The van der Waals surface area contributed by atoms with Gasteiger partial charge in [0.2, 0.25) is 0 Å². The lowest BCUT2D eigenvalue weighted by atomic mass is 10.3. The molecule has 0 aliphatic heterocycles. The van der Waals surface area contributed by atoms with E-state index in [2.05, 4.69) is 20.7 Å². The molecule has 0 bridgehead atoms. The molecule has 0 spiro atoms. The summed E-state index contributed by atoms with van der Waals surface area (Å²) in [5, 5.41) is 10.6. The van der Waals surface area contributed by atoms with Gasteiger partial charge in [0.25, 0.3) is 0 Å². The molecule has 0 aliphatic rings. The zero-order valence-corrected chi connectivity index (χ0v) is 14.3. The number of nitrogens with zero attached hydrogens (tertiary/aromatic N) is 3. The molecule has 130 valence electrons. The first kappa shape index (κ1) is 17.8. The first-order chi connectivity index (χ1) is 11.6. The quantitative estimate of drug-likeness (QED) is 0.601. The molecule has 2 aromatic rings. The number of hydrogen-bond acceptors (Lipinski definition) is 3. The van der Waals surface area contributed by atoms with Crippen LogP contribution in [-0.2, 0) is 6.54 Å². The molecular formula is C17H24FN5O. The minimum atomic E-state index is -0.306. The minimum absolute atomic E-state index is 0.126. The fourth-order valence-electron chi connectivity index (χ4n) is 2.15. The molecule has 24 heavy (non-hydrogen) atoms. The summed E-state index contributed by atoms with van der Waals surface area (Å²) in [5.74, 6) is 0.897. The molecule has 0 fully saturated rings.